The molecule has 1 N–H and O–H groups in total. The number of amides is 1. The second kappa shape index (κ2) is 9.62. The smallest absolute Gasteiger partial charge is 0.407 e. The van der Waals surface area contributed by atoms with Crippen LogP contribution in [0.5, 0.6) is 0 Å². The second-order valence-corrected chi connectivity index (χ2v) is 7.75. The third-order valence-corrected chi connectivity index (χ3v) is 4.10. The highest BCUT2D eigenvalue weighted by Gasteiger charge is 2.32. The zero-order valence-corrected chi connectivity index (χ0v) is 18.2. The number of nitrogens with one attached hydrogen (secondary N) is 1. The molecule has 0 bridgehead atoms. The summed E-state index contributed by atoms with van der Waals surface area (Å²) in [6.07, 6.45) is -0.532. The quantitative estimate of drug-likeness (QED) is 0.572. The maximum atomic E-state index is 12.4. The first-order valence-electron chi connectivity index (χ1n) is 9.38. The number of alkyl carbamates (subject to hydrolysis) is 1. The average molecular weight is 420 g/mol. The molecule has 9 heteroatoms. The molecular formula is C21H28N2O7. The van der Waals surface area contributed by atoms with Gasteiger partial charge in [-0.15, -0.1) is 0 Å². The van der Waals surface area contributed by atoms with Gasteiger partial charge in [0.1, 0.15) is 18.0 Å². The highest BCUT2D eigenvalue weighted by Crippen LogP contribution is 2.28. The van der Waals surface area contributed by atoms with Gasteiger partial charge in [0, 0.05) is 12.2 Å². The van der Waals surface area contributed by atoms with Crippen molar-refractivity contribution in [3.05, 3.63) is 40.6 Å². The number of benzene rings is 1. The molecule has 1 aromatic rings. The van der Waals surface area contributed by atoms with Crippen molar-refractivity contribution in [2.45, 2.75) is 39.8 Å². The minimum absolute atomic E-state index is 0.0489. The van der Waals surface area contributed by atoms with Crippen LogP contribution in [-0.2, 0) is 35.1 Å². The van der Waals surface area contributed by atoms with Crippen LogP contribution in [0.2, 0.25) is 0 Å². The van der Waals surface area contributed by atoms with E-state index in [1.165, 1.54) is 14.2 Å². The number of methoxy groups -OCH3 is 2. The lowest BCUT2D eigenvalue weighted by molar-refractivity contribution is -0.140. The van der Waals surface area contributed by atoms with Gasteiger partial charge >= 0.3 is 18.0 Å². The second-order valence-electron chi connectivity index (χ2n) is 7.75. The number of carbonyl (C=O) groups is 3. The Balaban J connectivity index is 2.34. The van der Waals surface area contributed by atoms with E-state index in [2.05, 4.69) is 5.32 Å². The minimum Gasteiger partial charge on any atom is -0.466 e. The van der Waals surface area contributed by atoms with E-state index in [9.17, 15) is 14.4 Å². The number of nitrogens with zero attached hydrogens (tertiary/aromatic N) is 1. The molecule has 0 aliphatic carbocycles. The third kappa shape index (κ3) is 5.96. The van der Waals surface area contributed by atoms with Crippen molar-refractivity contribution in [2.24, 2.45) is 0 Å². The summed E-state index contributed by atoms with van der Waals surface area (Å²) in [7, 11) is 2.47. The molecule has 0 atom stereocenters. The fourth-order valence-corrected chi connectivity index (χ4v) is 2.93. The molecule has 1 amide bonds. The summed E-state index contributed by atoms with van der Waals surface area (Å²) < 4.78 is 20.4. The van der Waals surface area contributed by atoms with Crippen molar-refractivity contribution < 1.29 is 33.3 Å². The molecule has 9 nitrogen and oxygen atoms in total. The van der Waals surface area contributed by atoms with Crippen LogP contribution in [-0.4, -0.2) is 51.2 Å². The SMILES string of the molecule is COC(=O)C1=C(C(=O)OC)N(c2cc(C)cc(CNC(=O)OC(C)(C)C)c2)COC1. The summed E-state index contributed by atoms with van der Waals surface area (Å²) in [6, 6.07) is 5.52. The predicted molar refractivity (Wildman–Crippen MR) is 109 cm³/mol. The minimum atomic E-state index is -0.673. The van der Waals surface area contributed by atoms with Crippen molar-refractivity contribution in [1.29, 1.82) is 0 Å². The first-order chi connectivity index (χ1) is 14.1. The van der Waals surface area contributed by atoms with Crippen LogP contribution in [0.4, 0.5) is 10.5 Å². The highest BCUT2D eigenvalue weighted by atomic mass is 16.6. The number of hydrogen-bond acceptors (Lipinski definition) is 8. The van der Waals surface area contributed by atoms with E-state index in [0.29, 0.717) is 5.69 Å². The molecule has 0 fully saturated rings. The molecule has 2 rings (SSSR count). The van der Waals surface area contributed by atoms with Crippen molar-refractivity contribution in [1.82, 2.24) is 5.32 Å². The molecule has 1 aliphatic heterocycles. The van der Waals surface area contributed by atoms with Gasteiger partial charge in [-0.3, -0.25) is 0 Å². The van der Waals surface area contributed by atoms with Gasteiger partial charge in [-0.25, -0.2) is 14.4 Å². The average Bonchev–Trinajstić information content (AvgIpc) is 2.68. The van der Waals surface area contributed by atoms with Crippen LogP contribution >= 0.6 is 0 Å². The Morgan fingerprint density at radius 3 is 2.37 bits per heavy atom. The van der Waals surface area contributed by atoms with Crippen molar-refractivity contribution in [2.75, 3.05) is 32.5 Å². The van der Waals surface area contributed by atoms with Gasteiger partial charge in [-0.05, 0) is 51.0 Å². The van der Waals surface area contributed by atoms with Crippen molar-refractivity contribution in [3.63, 3.8) is 0 Å². The van der Waals surface area contributed by atoms with Crippen LogP contribution < -0.4 is 10.2 Å². The Morgan fingerprint density at radius 2 is 1.77 bits per heavy atom. The monoisotopic (exact) mass is 420 g/mol. The Labute approximate surface area is 175 Å². The molecule has 1 heterocycles. The lowest BCUT2D eigenvalue weighted by Crippen LogP contribution is -2.39. The van der Waals surface area contributed by atoms with Gasteiger partial charge in [-0.2, -0.15) is 0 Å². The van der Waals surface area contributed by atoms with Gasteiger partial charge in [0.2, 0.25) is 0 Å². The molecule has 0 saturated carbocycles. The summed E-state index contributed by atoms with van der Waals surface area (Å²) in [4.78, 5) is 38.1. The Bertz CT molecular complexity index is 855. The molecule has 1 aromatic carbocycles. The number of esters is 2. The number of rotatable bonds is 5. The molecule has 0 aromatic heterocycles. The fraction of sp³-hybridized carbons (Fsp3) is 0.476. The van der Waals surface area contributed by atoms with E-state index in [1.807, 2.05) is 19.1 Å². The molecule has 164 valence electrons. The number of ether oxygens (including phenoxy) is 4. The molecular weight excluding hydrogens is 392 g/mol. The van der Waals surface area contributed by atoms with E-state index in [-0.39, 0.29) is 31.2 Å². The largest absolute Gasteiger partial charge is 0.466 e. The zero-order valence-electron chi connectivity index (χ0n) is 18.2. The highest BCUT2D eigenvalue weighted by molar-refractivity contribution is 6.03. The summed E-state index contributed by atoms with van der Waals surface area (Å²) >= 11 is 0. The molecule has 1 aliphatic rings. The number of aryl methyl sites for hydroxylation is 1. The predicted octanol–water partition coefficient (Wildman–Crippen LogP) is 2.41. The summed E-state index contributed by atoms with van der Waals surface area (Å²) in [6.45, 7) is 7.45. The van der Waals surface area contributed by atoms with E-state index in [0.717, 1.165) is 11.1 Å². The lowest BCUT2D eigenvalue weighted by atomic mass is 10.1. The third-order valence-electron chi connectivity index (χ3n) is 4.10. The summed E-state index contributed by atoms with van der Waals surface area (Å²) in [5, 5.41) is 2.71. The summed E-state index contributed by atoms with van der Waals surface area (Å²) in [5.41, 5.74) is 1.82. The van der Waals surface area contributed by atoms with Crippen LogP contribution in [0, 0.1) is 6.92 Å². The zero-order chi connectivity index (χ0) is 22.5. The van der Waals surface area contributed by atoms with E-state index >= 15 is 0 Å². The van der Waals surface area contributed by atoms with E-state index in [4.69, 9.17) is 18.9 Å². The first kappa shape index (κ1) is 23.2. The number of carbonyl (C=O) groups excluding carboxylic acids is 3. The Kier molecular flexibility index (Phi) is 7.44. The number of hydrogen-bond donors (Lipinski definition) is 1. The molecule has 0 spiro atoms. The van der Waals surface area contributed by atoms with E-state index in [1.54, 1.807) is 31.7 Å². The normalized spacial score (nSPS) is 14.3. The molecule has 0 radical (unpaired) electrons. The van der Waals surface area contributed by atoms with Gasteiger partial charge in [0.25, 0.3) is 0 Å². The maximum absolute atomic E-state index is 12.4. The Hall–Kier alpha value is -3.07. The molecule has 0 saturated heterocycles. The standard InChI is InChI=1S/C21H28N2O7/c1-13-7-14(10-22-20(26)30-21(2,3)4)9-15(8-13)23-12-29-11-16(18(24)27-5)17(23)19(25)28-6/h7-9H,10-12H2,1-6H3,(H,22,26). The number of anilines is 1. The van der Waals surface area contributed by atoms with Crippen LogP contribution in [0.3, 0.4) is 0 Å². The van der Waals surface area contributed by atoms with Gasteiger partial charge in [0.15, 0.2) is 0 Å². The Morgan fingerprint density at radius 1 is 1.10 bits per heavy atom. The van der Waals surface area contributed by atoms with Crippen LogP contribution in [0.15, 0.2) is 29.5 Å². The molecule has 0 unspecified atom stereocenters. The first-order valence-corrected chi connectivity index (χ1v) is 9.38. The summed E-state index contributed by atoms with van der Waals surface area (Å²) in [5.74, 6) is -1.34. The van der Waals surface area contributed by atoms with Gasteiger partial charge in [0.05, 0.1) is 26.4 Å². The maximum Gasteiger partial charge on any atom is 0.407 e. The van der Waals surface area contributed by atoms with Crippen molar-refractivity contribution in [3.8, 4) is 0 Å². The van der Waals surface area contributed by atoms with Gasteiger partial charge in [-0.1, -0.05) is 6.07 Å². The topological polar surface area (TPSA) is 103 Å². The van der Waals surface area contributed by atoms with E-state index < -0.39 is 23.6 Å². The molecule has 30 heavy (non-hydrogen) atoms. The fourth-order valence-electron chi connectivity index (χ4n) is 2.93. The van der Waals surface area contributed by atoms with Crippen LogP contribution in [0.25, 0.3) is 0 Å². The van der Waals surface area contributed by atoms with Crippen LogP contribution in [0.1, 0.15) is 31.9 Å². The van der Waals surface area contributed by atoms with Gasteiger partial charge < -0.3 is 29.2 Å². The van der Waals surface area contributed by atoms with Crippen molar-refractivity contribution >= 4 is 23.7 Å². The lowest BCUT2D eigenvalue weighted by Gasteiger charge is -2.31.